The highest BCUT2D eigenvalue weighted by Gasteiger charge is 2.25. The second-order valence-electron chi connectivity index (χ2n) is 5.04. The van der Waals surface area contributed by atoms with E-state index < -0.39 is 0 Å². The molecular formula is C12H24N2O. The number of hydrogen-bond acceptors (Lipinski definition) is 3. The summed E-state index contributed by atoms with van der Waals surface area (Å²) in [5.74, 6) is 0.822. The number of rotatable bonds is 3. The van der Waals surface area contributed by atoms with Crippen molar-refractivity contribution >= 4 is 0 Å². The van der Waals surface area contributed by atoms with E-state index in [4.69, 9.17) is 4.74 Å². The highest BCUT2D eigenvalue weighted by atomic mass is 16.5. The van der Waals surface area contributed by atoms with Gasteiger partial charge in [0, 0.05) is 38.4 Å². The van der Waals surface area contributed by atoms with Gasteiger partial charge in [0.25, 0.3) is 0 Å². The molecule has 3 nitrogen and oxygen atoms in total. The van der Waals surface area contributed by atoms with Crippen molar-refractivity contribution in [2.24, 2.45) is 5.92 Å². The van der Waals surface area contributed by atoms with Crippen LogP contribution in [-0.2, 0) is 4.74 Å². The summed E-state index contributed by atoms with van der Waals surface area (Å²) in [5.41, 5.74) is 0. The first-order valence-electron chi connectivity index (χ1n) is 6.32. The minimum Gasteiger partial charge on any atom is -0.381 e. The Hall–Kier alpha value is -0.120. The normalized spacial score (nSPS) is 38.4. The number of nitrogens with zero attached hydrogens (tertiary/aromatic N) is 1. The molecule has 0 spiro atoms. The fourth-order valence-corrected chi connectivity index (χ4v) is 2.60. The molecule has 0 amide bonds. The van der Waals surface area contributed by atoms with E-state index in [-0.39, 0.29) is 0 Å². The monoisotopic (exact) mass is 212 g/mol. The molecule has 1 N–H and O–H groups in total. The predicted molar refractivity (Wildman–Crippen MR) is 62.0 cm³/mol. The summed E-state index contributed by atoms with van der Waals surface area (Å²) in [6.07, 6.45) is 2.59. The maximum absolute atomic E-state index is 5.41. The highest BCUT2D eigenvalue weighted by molar-refractivity contribution is 4.83. The van der Waals surface area contributed by atoms with Crippen molar-refractivity contribution in [3.63, 3.8) is 0 Å². The molecule has 15 heavy (non-hydrogen) atoms. The van der Waals surface area contributed by atoms with Crippen LogP contribution in [0.2, 0.25) is 0 Å². The zero-order valence-corrected chi connectivity index (χ0v) is 10.0. The Kier molecular flexibility index (Phi) is 4.00. The number of nitrogens with one attached hydrogen (secondary N) is 1. The topological polar surface area (TPSA) is 24.5 Å². The third-order valence-corrected chi connectivity index (χ3v) is 4.01. The molecule has 0 aromatic heterocycles. The van der Waals surface area contributed by atoms with Gasteiger partial charge in [0.2, 0.25) is 0 Å². The van der Waals surface area contributed by atoms with Crippen LogP contribution in [0.4, 0.5) is 0 Å². The van der Waals surface area contributed by atoms with Crippen LogP contribution in [0.15, 0.2) is 0 Å². The Morgan fingerprint density at radius 2 is 2.27 bits per heavy atom. The van der Waals surface area contributed by atoms with E-state index in [1.165, 1.54) is 25.9 Å². The van der Waals surface area contributed by atoms with E-state index in [1.807, 2.05) is 0 Å². The maximum Gasteiger partial charge on any atom is 0.0495 e. The second kappa shape index (κ2) is 5.28. The van der Waals surface area contributed by atoms with Gasteiger partial charge >= 0.3 is 0 Å². The van der Waals surface area contributed by atoms with E-state index >= 15 is 0 Å². The predicted octanol–water partition coefficient (Wildman–Crippen LogP) is 1.10. The summed E-state index contributed by atoms with van der Waals surface area (Å²) in [4.78, 5) is 2.62. The van der Waals surface area contributed by atoms with Crippen LogP contribution in [0.5, 0.6) is 0 Å². The van der Waals surface area contributed by atoms with E-state index in [2.05, 4.69) is 24.1 Å². The first kappa shape index (κ1) is 11.4. The van der Waals surface area contributed by atoms with Gasteiger partial charge in [-0.25, -0.2) is 0 Å². The molecule has 0 saturated carbocycles. The first-order valence-corrected chi connectivity index (χ1v) is 6.32. The summed E-state index contributed by atoms with van der Waals surface area (Å²) in [7, 11) is 0. The summed E-state index contributed by atoms with van der Waals surface area (Å²) < 4.78 is 5.41. The Labute approximate surface area is 93.2 Å². The van der Waals surface area contributed by atoms with Gasteiger partial charge in [-0.05, 0) is 39.2 Å². The minimum atomic E-state index is 0.638. The van der Waals surface area contributed by atoms with E-state index in [0.29, 0.717) is 12.1 Å². The van der Waals surface area contributed by atoms with E-state index in [9.17, 15) is 0 Å². The van der Waals surface area contributed by atoms with Crippen molar-refractivity contribution in [3.8, 4) is 0 Å². The van der Waals surface area contributed by atoms with E-state index in [1.54, 1.807) is 0 Å². The van der Waals surface area contributed by atoms with Gasteiger partial charge in [-0.1, -0.05) is 0 Å². The Morgan fingerprint density at radius 3 is 3.00 bits per heavy atom. The standard InChI is InChI=1S/C12H24N2O/c1-10-11(2)14(7-5-13-10)6-3-12-4-8-15-9-12/h10-13H,3-9H2,1-2H3. The lowest BCUT2D eigenvalue weighted by Crippen LogP contribution is -2.55. The molecule has 3 heteroatoms. The van der Waals surface area contributed by atoms with Gasteiger partial charge in [-0.2, -0.15) is 0 Å². The summed E-state index contributed by atoms with van der Waals surface area (Å²) in [6, 6.07) is 1.32. The van der Waals surface area contributed by atoms with Gasteiger partial charge in [0.1, 0.15) is 0 Å². The number of piperazine rings is 1. The Morgan fingerprint density at radius 1 is 1.40 bits per heavy atom. The van der Waals surface area contributed by atoms with Crippen LogP contribution < -0.4 is 5.32 Å². The summed E-state index contributed by atoms with van der Waals surface area (Å²) in [6.45, 7) is 10.2. The molecule has 2 rings (SSSR count). The van der Waals surface area contributed by atoms with Gasteiger partial charge in [-0.3, -0.25) is 4.90 Å². The molecule has 2 aliphatic rings. The minimum absolute atomic E-state index is 0.638. The molecule has 2 heterocycles. The SMILES string of the molecule is CC1NCCN(CCC2CCOC2)C1C. The van der Waals surface area contributed by atoms with Crippen molar-refractivity contribution in [3.05, 3.63) is 0 Å². The smallest absolute Gasteiger partial charge is 0.0495 e. The van der Waals surface area contributed by atoms with Crippen molar-refractivity contribution < 1.29 is 4.74 Å². The van der Waals surface area contributed by atoms with Crippen molar-refractivity contribution in [2.75, 3.05) is 32.8 Å². The molecule has 0 aromatic carbocycles. The number of hydrogen-bond donors (Lipinski definition) is 1. The summed E-state index contributed by atoms with van der Waals surface area (Å²) >= 11 is 0. The summed E-state index contributed by atoms with van der Waals surface area (Å²) in [5, 5.41) is 3.52. The molecule has 2 aliphatic heterocycles. The zero-order chi connectivity index (χ0) is 10.7. The average Bonchev–Trinajstić information content (AvgIpc) is 2.73. The lowest BCUT2D eigenvalue weighted by molar-refractivity contribution is 0.125. The van der Waals surface area contributed by atoms with Crippen LogP contribution in [0.25, 0.3) is 0 Å². The molecule has 0 radical (unpaired) electrons. The third-order valence-electron chi connectivity index (χ3n) is 4.01. The quantitative estimate of drug-likeness (QED) is 0.758. The lowest BCUT2D eigenvalue weighted by Gasteiger charge is -2.39. The molecule has 3 atom stereocenters. The van der Waals surface area contributed by atoms with Crippen LogP contribution in [0, 0.1) is 5.92 Å². The fraction of sp³-hybridized carbons (Fsp3) is 1.00. The third kappa shape index (κ3) is 2.92. The Balaban J connectivity index is 1.72. The molecule has 0 bridgehead atoms. The average molecular weight is 212 g/mol. The Bertz CT molecular complexity index is 192. The fourth-order valence-electron chi connectivity index (χ4n) is 2.60. The molecule has 3 unspecified atom stereocenters. The largest absolute Gasteiger partial charge is 0.381 e. The zero-order valence-electron chi connectivity index (χ0n) is 10.0. The van der Waals surface area contributed by atoms with Crippen LogP contribution >= 0.6 is 0 Å². The molecule has 2 fully saturated rings. The van der Waals surface area contributed by atoms with Gasteiger partial charge in [0.15, 0.2) is 0 Å². The van der Waals surface area contributed by atoms with Crippen molar-refractivity contribution in [1.29, 1.82) is 0 Å². The van der Waals surface area contributed by atoms with Crippen molar-refractivity contribution in [2.45, 2.75) is 38.8 Å². The molecule has 88 valence electrons. The molecule has 0 aliphatic carbocycles. The maximum atomic E-state index is 5.41. The van der Waals surface area contributed by atoms with Crippen LogP contribution in [-0.4, -0.2) is 49.8 Å². The van der Waals surface area contributed by atoms with E-state index in [0.717, 1.165) is 25.7 Å². The molecular weight excluding hydrogens is 188 g/mol. The molecule has 2 saturated heterocycles. The van der Waals surface area contributed by atoms with Crippen LogP contribution in [0.3, 0.4) is 0 Å². The van der Waals surface area contributed by atoms with Gasteiger partial charge in [0.05, 0.1) is 0 Å². The number of ether oxygens (including phenoxy) is 1. The van der Waals surface area contributed by atoms with Gasteiger partial charge in [-0.15, -0.1) is 0 Å². The highest BCUT2D eigenvalue weighted by Crippen LogP contribution is 2.18. The molecule has 0 aromatic rings. The first-order chi connectivity index (χ1) is 7.27. The second-order valence-corrected chi connectivity index (χ2v) is 5.04. The van der Waals surface area contributed by atoms with Gasteiger partial charge < -0.3 is 10.1 Å². The lowest BCUT2D eigenvalue weighted by atomic mass is 10.0. The van der Waals surface area contributed by atoms with Crippen molar-refractivity contribution in [1.82, 2.24) is 10.2 Å². The van der Waals surface area contributed by atoms with Crippen LogP contribution in [0.1, 0.15) is 26.7 Å².